The van der Waals surface area contributed by atoms with Crippen LogP contribution in [-0.2, 0) is 26.2 Å². The van der Waals surface area contributed by atoms with Gasteiger partial charge in [-0.05, 0) is 68.8 Å². The van der Waals surface area contributed by atoms with Crippen molar-refractivity contribution in [1.29, 1.82) is 0 Å². The van der Waals surface area contributed by atoms with Crippen molar-refractivity contribution in [3.05, 3.63) is 93.4 Å². The van der Waals surface area contributed by atoms with E-state index in [1.165, 1.54) is 29.2 Å². The minimum absolute atomic E-state index is 0.0335. The van der Waals surface area contributed by atoms with Crippen molar-refractivity contribution in [2.24, 2.45) is 0 Å². The van der Waals surface area contributed by atoms with Gasteiger partial charge < -0.3 is 10.2 Å². The van der Waals surface area contributed by atoms with Crippen LogP contribution in [0.25, 0.3) is 0 Å². The Balaban J connectivity index is 2.08. The van der Waals surface area contributed by atoms with Gasteiger partial charge in [0, 0.05) is 33.2 Å². The first kappa shape index (κ1) is 30.8. The molecule has 3 aromatic carbocycles. The topological polar surface area (TPSA) is 86.8 Å². The first-order valence-electron chi connectivity index (χ1n) is 12.3. The molecule has 0 saturated heterocycles. The zero-order chi connectivity index (χ0) is 28.7. The summed E-state index contributed by atoms with van der Waals surface area (Å²) in [5, 5.41) is 3.88. The normalized spacial score (nSPS) is 12.2. The summed E-state index contributed by atoms with van der Waals surface area (Å²) in [6.45, 7) is 4.75. The predicted molar refractivity (Wildman–Crippen MR) is 157 cm³/mol. The molecule has 1 N–H and O–H groups in total. The molecule has 11 heteroatoms. The van der Waals surface area contributed by atoms with E-state index in [1.54, 1.807) is 55.5 Å². The van der Waals surface area contributed by atoms with Crippen molar-refractivity contribution in [3.8, 4) is 0 Å². The molecule has 0 unspecified atom stereocenters. The Kier molecular flexibility index (Phi) is 10.7. The fraction of sp³-hybridized carbons (Fsp3) is 0.286. The molecule has 7 nitrogen and oxygen atoms in total. The maximum Gasteiger partial charge on any atom is 0.264 e. The van der Waals surface area contributed by atoms with Crippen LogP contribution in [0.3, 0.4) is 0 Å². The Hall–Kier alpha value is -2.78. The molecule has 0 aliphatic rings. The van der Waals surface area contributed by atoms with Crippen molar-refractivity contribution < 1.29 is 18.0 Å². The summed E-state index contributed by atoms with van der Waals surface area (Å²) >= 11 is 18.8. The molecule has 0 aromatic heterocycles. The highest BCUT2D eigenvalue weighted by molar-refractivity contribution is 7.92. The summed E-state index contributed by atoms with van der Waals surface area (Å²) in [6, 6.07) is 17.9. The van der Waals surface area contributed by atoms with Gasteiger partial charge in [0.15, 0.2) is 0 Å². The van der Waals surface area contributed by atoms with Gasteiger partial charge in [0.1, 0.15) is 12.6 Å². The average Bonchev–Trinajstić information content (AvgIpc) is 2.89. The molecule has 208 valence electrons. The van der Waals surface area contributed by atoms with Crippen molar-refractivity contribution in [2.45, 2.75) is 50.7 Å². The highest BCUT2D eigenvalue weighted by Crippen LogP contribution is 2.29. The molecule has 1 atom stereocenters. The lowest BCUT2D eigenvalue weighted by Gasteiger charge is -2.34. The summed E-state index contributed by atoms with van der Waals surface area (Å²) in [5.74, 6) is -0.964. The molecule has 2 amide bonds. The standard InChI is InChI=1S/C28H30Cl3N3O4S/c1-4-26(28(36)32-19(2)3)33(17-23-24(30)11-8-12-25(23)31)27(35)18-34(21-9-6-5-7-10-21)39(37,38)22-15-13-20(29)14-16-22/h5-16,19,26H,4,17-18H2,1-3H3,(H,32,36)/t26-/m0/s1. The van der Waals surface area contributed by atoms with Crippen molar-refractivity contribution >= 4 is 62.3 Å². The van der Waals surface area contributed by atoms with E-state index in [1.807, 2.05) is 13.8 Å². The number of rotatable bonds is 11. The molecule has 0 fully saturated rings. The first-order chi connectivity index (χ1) is 18.4. The van der Waals surface area contributed by atoms with E-state index in [2.05, 4.69) is 5.32 Å². The number of halogens is 3. The molecular formula is C28H30Cl3N3O4S. The third-order valence-corrected chi connectivity index (χ3v) is 8.68. The smallest absolute Gasteiger partial charge is 0.264 e. The SMILES string of the molecule is CC[C@@H](C(=O)NC(C)C)N(Cc1c(Cl)cccc1Cl)C(=O)CN(c1ccccc1)S(=O)(=O)c1ccc(Cl)cc1. The molecule has 3 rings (SSSR count). The van der Waals surface area contributed by atoms with Gasteiger partial charge in [-0.1, -0.05) is 66.0 Å². The number of carbonyl (C=O) groups excluding carboxylic acids is 2. The van der Waals surface area contributed by atoms with E-state index in [0.29, 0.717) is 20.6 Å². The monoisotopic (exact) mass is 609 g/mol. The Morgan fingerprint density at radius 2 is 1.46 bits per heavy atom. The van der Waals surface area contributed by atoms with Crippen LogP contribution in [0.4, 0.5) is 5.69 Å². The van der Waals surface area contributed by atoms with E-state index in [-0.39, 0.29) is 35.5 Å². The van der Waals surface area contributed by atoms with Gasteiger partial charge in [-0.15, -0.1) is 0 Å². The van der Waals surface area contributed by atoms with Crippen LogP contribution in [0.1, 0.15) is 32.8 Å². The maximum absolute atomic E-state index is 14.0. The number of para-hydroxylation sites is 1. The minimum Gasteiger partial charge on any atom is -0.352 e. The first-order valence-corrected chi connectivity index (χ1v) is 14.9. The molecule has 0 heterocycles. The number of anilines is 1. The van der Waals surface area contributed by atoms with Gasteiger partial charge in [-0.25, -0.2) is 8.42 Å². The summed E-state index contributed by atoms with van der Waals surface area (Å²) in [7, 11) is -4.19. The van der Waals surface area contributed by atoms with E-state index in [0.717, 1.165) is 4.31 Å². The summed E-state index contributed by atoms with van der Waals surface area (Å²) in [6.07, 6.45) is 0.279. The summed E-state index contributed by atoms with van der Waals surface area (Å²) in [5.41, 5.74) is 0.744. The largest absolute Gasteiger partial charge is 0.352 e. The van der Waals surface area contributed by atoms with E-state index in [9.17, 15) is 18.0 Å². The van der Waals surface area contributed by atoms with E-state index < -0.39 is 28.5 Å². The second-order valence-corrected chi connectivity index (χ2v) is 12.2. The molecule has 3 aromatic rings. The molecule has 0 bridgehead atoms. The number of nitrogens with zero attached hydrogens (tertiary/aromatic N) is 2. The lowest BCUT2D eigenvalue weighted by atomic mass is 10.1. The Morgan fingerprint density at radius 3 is 2.00 bits per heavy atom. The van der Waals surface area contributed by atoms with Gasteiger partial charge in [-0.3, -0.25) is 13.9 Å². The second kappa shape index (κ2) is 13.5. The lowest BCUT2D eigenvalue weighted by Crippen LogP contribution is -2.53. The number of nitrogens with one attached hydrogen (secondary N) is 1. The summed E-state index contributed by atoms with van der Waals surface area (Å²) in [4.78, 5) is 28.5. The summed E-state index contributed by atoms with van der Waals surface area (Å²) < 4.78 is 28.6. The second-order valence-electron chi connectivity index (χ2n) is 9.11. The Bertz CT molecular complexity index is 1380. The number of hydrogen-bond donors (Lipinski definition) is 1. The Morgan fingerprint density at radius 1 is 0.872 bits per heavy atom. The van der Waals surface area contributed by atoms with Crippen molar-refractivity contribution in [1.82, 2.24) is 10.2 Å². The molecule has 0 saturated carbocycles. The fourth-order valence-corrected chi connectivity index (χ4v) is 6.07. The average molecular weight is 611 g/mol. The minimum atomic E-state index is -4.19. The van der Waals surface area contributed by atoms with Crippen LogP contribution in [-0.4, -0.2) is 43.8 Å². The maximum atomic E-state index is 14.0. The quantitative estimate of drug-likeness (QED) is 0.281. The third kappa shape index (κ3) is 7.66. The molecule has 39 heavy (non-hydrogen) atoms. The highest BCUT2D eigenvalue weighted by atomic mass is 35.5. The zero-order valence-electron chi connectivity index (χ0n) is 21.8. The van der Waals surface area contributed by atoms with E-state index >= 15 is 0 Å². The van der Waals surface area contributed by atoms with Gasteiger partial charge in [0.2, 0.25) is 11.8 Å². The zero-order valence-corrected chi connectivity index (χ0v) is 24.9. The van der Waals surface area contributed by atoms with Gasteiger partial charge in [0.25, 0.3) is 10.0 Å². The highest BCUT2D eigenvalue weighted by Gasteiger charge is 2.34. The lowest BCUT2D eigenvalue weighted by molar-refractivity contribution is -0.140. The van der Waals surface area contributed by atoms with Crippen LogP contribution < -0.4 is 9.62 Å². The van der Waals surface area contributed by atoms with Crippen LogP contribution in [0.5, 0.6) is 0 Å². The van der Waals surface area contributed by atoms with Crippen LogP contribution in [0.2, 0.25) is 15.1 Å². The number of sulfonamides is 1. The molecular weight excluding hydrogens is 581 g/mol. The van der Waals surface area contributed by atoms with Crippen LogP contribution >= 0.6 is 34.8 Å². The molecule has 0 aliphatic carbocycles. The molecule has 0 radical (unpaired) electrons. The van der Waals surface area contributed by atoms with Gasteiger partial charge >= 0.3 is 0 Å². The van der Waals surface area contributed by atoms with Gasteiger partial charge in [0.05, 0.1) is 10.6 Å². The van der Waals surface area contributed by atoms with E-state index in [4.69, 9.17) is 34.8 Å². The molecule has 0 aliphatic heterocycles. The van der Waals surface area contributed by atoms with Crippen LogP contribution in [0, 0.1) is 0 Å². The predicted octanol–water partition coefficient (Wildman–Crippen LogP) is 6.17. The van der Waals surface area contributed by atoms with Gasteiger partial charge in [-0.2, -0.15) is 0 Å². The number of hydrogen-bond acceptors (Lipinski definition) is 4. The van der Waals surface area contributed by atoms with Crippen LogP contribution in [0.15, 0.2) is 77.7 Å². The Labute approximate surface area is 244 Å². The van der Waals surface area contributed by atoms with Crippen molar-refractivity contribution in [3.63, 3.8) is 0 Å². The fourth-order valence-electron chi connectivity index (χ4n) is 4.01. The van der Waals surface area contributed by atoms with Crippen molar-refractivity contribution in [2.75, 3.05) is 10.8 Å². The third-order valence-electron chi connectivity index (χ3n) is 5.93. The number of carbonyl (C=O) groups is 2. The molecule has 0 spiro atoms. The number of benzene rings is 3. The number of amides is 2.